The first kappa shape index (κ1) is 11.4. The first-order valence-electron chi connectivity index (χ1n) is 5.93. The molecule has 0 N–H and O–H groups in total. The lowest BCUT2D eigenvalue weighted by molar-refractivity contribution is 0.923. The molecule has 0 fully saturated rings. The van der Waals surface area contributed by atoms with Gasteiger partial charge in [0.25, 0.3) is 0 Å². The molecular weight excluding hydrogens is 206 g/mol. The van der Waals surface area contributed by atoms with E-state index in [-0.39, 0.29) is 0 Å². The zero-order valence-corrected chi connectivity index (χ0v) is 9.98. The number of nitrogens with zero attached hydrogens (tertiary/aromatic N) is 1. The van der Waals surface area contributed by atoms with Crippen LogP contribution in [0.4, 0.5) is 0 Å². The van der Waals surface area contributed by atoms with Crippen molar-refractivity contribution in [2.45, 2.75) is 19.8 Å². The average molecular weight is 221 g/mol. The van der Waals surface area contributed by atoms with Gasteiger partial charge in [0.15, 0.2) is 0 Å². The maximum Gasteiger partial charge on any atom is 0.0991 e. The molecule has 0 heterocycles. The molecule has 0 radical (unpaired) electrons. The molecule has 0 aliphatic rings. The summed E-state index contributed by atoms with van der Waals surface area (Å²) in [6.07, 6.45) is 2.24. The topological polar surface area (TPSA) is 23.8 Å². The monoisotopic (exact) mass is 221 g/mol. The maximum atomic E-state index is 8.79. The van der Waals surface area contributed by atoms with Gasteiger partial charge < -0.3 is 0 Å². The van der Waals surface area contributed by atoms with Crippen LogP contribution < -0.4 is 0 Å². The molecule has 2 rings (SSSR count). The summed E-state index contributed by atoms with van der Waals surface area (Å²) in [5.74, 6) is 0. The Bertz CT molecular complexity index is 532. The van der Waals surface area contributed by atoms with Crippen LogP contribution in [0.15, 0.2) is 48.5 Å². The van der Waals surface area contributed by atoms with Crippen molar-refractivity contribution in [2.24, 2.45) is 0 Å². The van der Waals surface area contributed by atoms with Crippen LogP contribution >= 0.6 is 0 Å². The molecule has 0 atom stereocenters. The molecular formula is C16H15N. The van der Waals surface area contributed by atoms with E-state index in [1.54, 1.807) is 0 Å². The van der Waals surface area contributed by atoms with Gasteiger partial charge in [-0.05, 0) is 35.2 Å². The molecule has 2 aromatic carbocycles. The minimum absolute atomic E-state index is 0.710. The van der Waals surface area contributed by atoms with Crippen molar-refractivity contribution in [3.8, 4) is 17.2 Å². The van der Waals surface area contributed by atoms with E-state index in [1.165, 1.54) is 16.7 Å². The normalized spacial score (nSPS) is 9.88. The Morgan fingerprint density at radius 3 is 2.35 bits per heavy atom. The van der Waals surface area contributed by atoms with Crippen LogP contribution in [0.2, 0.25) is 0 Å². The highest BCUT2D eigenvalue weighted by molar-refractivity contribution is 5.68. The Balaban J connectivity index is 2.41. The molecule has 1 nitrogen and oxygen atoms in total. The minimum atomic E-state index is 0.710. The summed E-state index contributed by atoms with van der Waals surface area (Å²) in [6.45, 7) is 2.19. The molecule has 17 heavy (non-hydrogen) atoms. The fourth-order valence-corrected chi connectivity index (χ4v) is 2.01. The Morgan fingerprint density at radius 1 is 1.00 bits per heavy atom. The second kappa shape index (κ2) is 5.32. The van der Waals surface area contributed by atoms with Gasteiger partial charge in [-0.25, -0.2) is 0 Å². The molecule has 0 aromatic heterocycles. The van der Waals surface area contributed by atoms with Crippen molar-refractivity contribution >= 4 is 0 Å². The maximum absolute atomic E-state index is 8.79. The third-order valence-electron chi connectivity index (χ3n) is 2.86. The van der Waals surface area contributed by atoms with E-state index in [1.807, 2.05) is 24.3 Å². The van der Waals surface area contributed by atoms with Gasteiger partial charge in [-0.1, -0.05) is 49.7 Å². The van der Waals surface area contributed by atoms with Gasteiger partial charge in [-0.15, -0.1) is 0 Å². The van der Waals surface area contributed by atoms with Crippen LogP contribution in [0.5, 0.6) is 0 Å². The standard InChI is InChI=1S/C16H15N/c1-2-5-14-6-3-4-7-16(14)15-10-8-13(12-17)9-11-15/h3-4,6-11H,2,5H2,1H3. The number of benzene rings is 2. The van der Waals surface area contributed by atoms with Crippen LogP contribution in [-0.4, -0.2) is 0 Å². The Hall–Kier alpha value is -2.07. The van der Waals surface area contributed by atoms with E-state index in [9.17, 15) is 0 Å². The van der Waals surface area contributed by atoms with Gasteiger partial charge in [0.2, 0.25) is 0 Å². The largest absolute Gasteiger partial charge is 0.192 e. The van der Waals surface area contributed by atoms with Crippen LogP contribution in [0, 0.1) is 11.3 Å². The Morgan fingerprint density at radius 2 is 1.71 bits per heavy atom. The molecule has 0 spiro atoms. The van der Waals surface area contributed by atoms with Crippen LogP contribution in [0.3, 0.4) is 0 Å². The SMILES string of the molecule is CCCc1ccccc1-c1ccc(C#N)cc1. The van der Waals surface area contributed by atoms with Crippen molar-refractivity contribution < 1.29 is 0 Å². The lowest BCUT2D eigenvalue weighted by Gasteiger charge is -2.08. The van der Waals surface area contributed by atoms with Gasteiger partial charge in [0.1, 0.15) is 0 Å². The quantitative estimate of drug-likeness (QED) is 0.762. The zero-order chi connectivity index (χ0) is 12.1. The van der Waals surface area contributed by atoms with E-state index < -0.39 is 0 Å². The second-order valence-electron chi connectivity index (χ2n) is 4.10. The molecule has 84 valence electrons. The van der Waals surface area contributed by atoms with Crippen molar-refractivity contribution in [2.75, 3.05) is 0 Å². The molecule has 0 aliphatic carbocycles. The van der Waals surface area contributed by atoms with Crippen LogP contribution in [0.1, 0.15) is 24.5 Å². The highest BCUT2D eigenvalue weighted by atomic mass is 14.2. The van der Waals surface area contributed by atoms with Gasteiger partial charge >= 0.3 is 0 Å². The average Bonchev–Trinajstić information content (AvgIpc) is 2.40. The van der Waals surface area contributed by atoms with E-state index >= 15 is 0 Å². The van der Waals surface area contributed by atoms with E-state index in [4.69, 9.17) is 5.26 Å². The second-order valence-corrected chi connectivity index (χ2v) is 4.10. The number of hydrogen-bond acceptors (Lipinski definition) is 1. The summed E-state index contributed by atoms with van der Waals surface area (Å²) < 4.78 is 0. The van der Waals surface area contributed by atoms with E-state index in [2.05, 4.69) is 37.3 Å². The third kappa shape index (κ3) is 2.54. The molecule has 0 saturated heterocycles. The van der Waals surface area contributed by atoms with Crippen molar-refractivity contribution in [3.05, 3.63) is 59.7 Å². The first-order chi connectivity index (χ1) is 8.35. The van der Waals surface area contributed by atoms with Gasteiger partial charge in [0.05, 0.1) is 11.6 Å². The van der Waals surface area contributed by atoms with Crippen molar-refractivity contribution in [3.63, 3.8) is 0 Å². The first-order valence-corrected chi connectivity index (χ1v) is 5.93. The van der Waals surface area contributed by atoms with Crippen LogP contribution in [0.25, 0.3) is 11.1 Å². The minimum Gasteiger partial charge on any atom is -0.192 e. The summed E-state index contributed by atoms with van der Waals surface area (Å²) >= 11 is 0. The fraction of sp³-hybridized carbons (Fsp3) is 0.188. The van der Waals surface area contributed by atoms with Crippen molar-refractivity contribution in [1.29, 1.82) is 5.26 Å². The lowest BCUT2D eigenvalue weighted by Crippen LogP contribution is -1.89. The van der Waals surface area contributed by atoms with E-state index in [0.717, 1.165) is 12.8 Å². The molecule has 0 amide bonds. The predicted molar refractivity (Wildman–Crippen MR) is 70.6 cm³/mol. The molecule has 1 heteroatoms. The fourth-order valence-electron chi connectivity index (χ4n) is 2.01. The van der Waals surface area contributed by atoms with Gasteiger partial charge in [-0.2, -0.15) is 5.26 Å². The van der Waals surface area contributed by atoms with Crippen molar-refractivity contribution in [1.82, 2.24) is 0 Å². The molecule has 0 saturated carbocycles. The molecule has 0 bridgehead atoms. The Kier molecular flexibility index (Phi) is 3.57. The summed E-state index contributed by atoms with van der Waals surface area (Å²) in [4.78, 5) is 0. The summed E-state index contributed by atoms with van der Waals surface area (Å²) in [6, 6.07) is 18.4. The molecule has 0 unspecified atom stereocenters. The third-order valence-corrected chi connectivity index (χ3v) is 2.86. The Labute approximate surface area is 102 Å². The summed E-state index contributed by atoms with van der Waals surface area (Å²) in [7, 11) is 0. The molecule has 2 aromatic rings. The smallest absolute Gasteiger partial charge is 0.0991 e. The molecule has 0 aliphatic heterocycles. The summed E-state index contributed by atoms with van der Waals surface area (Å²) in [5, 5.41) is 8.79. The number of rotatable bonds is 3. The number of aryl methyl sites for hydroxylation is 1. The van der Waals surface area contributed by atoms with Crippen LogP contribution in [-0.2, 0) is 6.42 Å². The lowest BCUT2D eigenvalue weighted by atomic mass is 9.96. The van der Waals surface area contributed by atoms with Gasteiger partial charge in [-0.3, -0.25) is 0 Å². The zero-order valence-electron chi connectivity index (χ0n) is 9.98. The van der Waals surface area contributed by atoms with E-state index in [0.29, 0.717) is 5.56 Å². The number of hydrogen-bond donors (Lipinski definition) is 0. The highest BCUT2D eigenvalue weighted by Crippen LogP contribution is 2.24. The van der Waals surface area contributed by atoms with Gasteiger partial charge in [0, 0.05) is 0 Å². The summed E-state index contributed by atoms with van der Waals surface area (Å²) in [5.41, 5.74) is 4.55. The number of nitriles is 1. The predicted octanol–water partition coefficient (Wildman–Crippen LogP) is 4.18. The highest BCUT2D eigenvalue weighted by Gasteiger charge is 2.03.